The fourth-order valence-electron chi connectivity index (χ4n) is 3.17. The number of thiophene rings is 1. The Balaban J connectivity index is 1.91. The molecule has 1 aromatic carbocycles. The molecule has 2 N–H and O–H groups in total. The number of amides is 3. The van der Waals surface area contributed by atoms with Crippen LogP contribution in [0, 0.1) is 5.92 Å². The van der Waals surface area contributed by atoms with Crippen molar-refractivity contribution in [2.75, 3.05) is 11.9 Å². The molecule has 0 bridgehead atoms. The van der Waals surface area contributed by atoms with E-state index in [1.165, 1.54) is 11.3 Å². The molecule has 0 aliphatic heterocycles. The van der Waals surface area contributed by atoms with E-state index < -0.39 is 12.0 Å². The zero-order valence-electron chi connectivity index (χ0n) is 15.3. The Morgan fingerprint density at radius 2 is 1.93 bits per heavy atom. The number of rotatable bonds is 4. The summed E-state index contributed by atoms with van der Waals surface area (Å²) in [5, 5.41) is 5.58. The van der Waals surface area contributed by atoms with Crippen LogP contribution in [0.15, 0.2) is 30.3 Å². The smallest absolute Gasteiger partial charge is 0.414 e. The van der Waals surface area contributed by atoms with Crippen LogP contribution in [0.2, 0.25) is 0 Å². The average molecular weight is 386 g/mol. The van der Waals surface area contributed by atoms with Crippen LogP contribution in [0.25, 0.3) is 0 Å². The van der Waals surface area contributed by atoms with Crippen LogP contribution < -0.4 is 10.6 Å². The zero-order chi connectivity index (χ0) is 19.4. The quantitative estimate of drug-likeness (QED) is 0.831. The van der Waals surface area contributed by atoms with E-state index in [1.54, 1.807) is 31.2 Å². The molecule has 0 fully saturated rings. The number of hydrogen-bond acceptors (Lipinski definition) is 5. The molecule has 1 aliphatic carbocycles. The van der Waals surface area contributed by atoms with E-state index >= 15 is 0 Å². The van der Waals surface area contributed by atoms with Crippen molar-refractivity contribution in [1.82, 2.24) is 5.32 Å². The maximum atomic E-state index is 12.7. The molecule has 1 atom stereocenters. The highest BCUT2D eigenvalue weighted by molar-refractivity contribution is 7.17. The Kier molecular flexibility index (Phi) is 5.91. The Labute approximate surface area is 161 Å². The van der Waals surface area contributed by atoms with Gasteiger partial charge in [-0.3, -0.25) is 14.9 Å². The minimum absolute atomic E-state index is 0.177. The van der Waals surface area contributed by atoms with E-state index in [4.69, 9.17) is 4.74 Å². The first-order valence-corrected chi connectivity index (χ1v) is 9.80. The molecule has 1 aromatic heterocycles. The fourth-order valence-corrected chi connectivity index (χ4v) is 4.57. The topological polar surface area (TPSA) is 84.5 Å². The van der Waals surface area contributed by atoms with Crippen molar-refractivity contribution in [2.45, 2.75) is 33.1 Å². The molecule has 0 saturated carbocycles. The van der Waals surface area contributed by atoms with E-state index in [0.29, 0.717) is 22.0 Å². The molecule has 0 unspecified atom stereocenters. The molecular weight excluding hydrogens is 364 g/mol. The number of anilines is 1. The van der Waals surface area contributed by atoms with Gasteiger partial charge in [0, 0.05) is 10.4 Å². The van der Waals surface area contributed by atoms with Crippen molar-refractivity contribution >= 4 is 34.2 Å². The van der Waals surface area contributed by atoms with Gasteiger partial charge in [-0.25, -0.2) is 4.79 Å². The molecule has 3 amide bonds. The third-order valence-electron chi connectivity index (χ3n) is 4.49. The highest BCUT2D eigenvalue weighted by Crippen LogP contribution is 2.39. The number of ether oxygens (including phenoxy) is 1. The lowest BCUT2D eigenvalue weighted by atomic mass is 9.88. The van der Waals surface area contributed by atoms with Gasteiger partial charge in [0.2, 0.25) is 0 Å². The van der Waals surface area contributed by atoms with Crippen molar-refractivity contribution in [3.8, 4) is 0 Å². The summed E-state index contributed by atoms with van der Waals surface area (Å²) in [6.45, 7) is 4.02. The highest BCUT2D eigenvalue weighted by Gasteiger charge is 2.29. The Morgan fingerprint density at radius 1 is 1.19 bits per heavy atom. The monoisotopic (exact) mass is 386 g/mol. The molecule has 1 heterocycles. The van der Waals surface area contributed by atoms with Crippen LogP contribution in [0.1, 0.15) is 51.4 Å². The largest absolute Gasteiger partial charge is 0.450 e. The first kappa shape index (κ1) is 19.1. The SMILES string of the molecule is CCOC(=O)NC(=O)c1c(NC(=O)c2ccccc2)sc2c1CC[C@@H](C)C2. The van der Waals surface area contributed by atoms with Gasteiger partial charge in [0.15, 0.2) is 0 Å². The number of benzene rings is 1. The standard InChI is InChI=1S/C20H22N2O4S/c1-3-26-20(25)22-18(24)16-14-10-9-12(2)11-15(14)27-19(16)21-17(23)13-7-5-4-6-8-13/h4-8,12H,3,9-11H2,1-2H3,(H,21,23)(H,22,24,25)/t12-/m1/s1. The second kappa shape index (κ2) is 8.35. The molecular formula is C20H22N2O4S. The van der Waals surface area contributed by atoms with Crippen LogP contribution in [-0.2, 0) is 17.6 Å². The van der Waals surface area contributed by atoms with E-state index in [9.17, 15) is 14.4 Å². The summed E-state index contributed by atoms with van der Waals surface area (Å²) in [5.41, 5.74) is 1.80. The Hall–Kier alpha value is -2.67. The number of carbonyl (C=O) groups is 3. The first-order valence-electron chi connectivity index (χ1n) is 8.98. The van der Waals surface area contributed by atoms with Crippen molar-refractivity contribution < 1.29 is 19.1 Å². The average Bonchev–Trinajstić information content (AvgIpc) is 2.99. The number of imide groups is 1. The van der Waals surface area contributed by atoms with Crippen molar-refractivity contribution in [3.63, 3.8) is 0 Å². The molecule has 0 spiro atoms. The Morgan fingerprint density at radius 3 is 2.63 bits per heavy atom. The normalized spacial score (nSPS) is 15.6. The summed E-state index contributed by atoms with van der Waals surface area (Å²) in [6.07, 6.45) is 1.79. The number of fused-ring (bicyclic) bond motifs is 1. The van der Waals surface area contributed by atoms with Crippen LogP contribution in [0.5, 0.6) is 0 Å². The number of nitrogens with one attached hydrogen (secondary N) is 2. The van der Waals surface area contributed by atoms with Gasteiger partial charge in [-0.1, -0.05) is 25.1 Å². The van der Waals surface area contributed by atoms with Crippen LogP contribution in [0.4, 0.5) is 9.80 Å². The van der Waals surface area contributed by atoms with E-state index in [2.05, 4.69) is 17.6 Å². The second-order valence-electron chi connectivity index (χ2n) is 6.55. The summed E-state index contributed by atoms with van der Waals surface area (Å²) >= 11 is 1.41. The summed E-state index contributed by atoms with van der Waals surface area (Å²) in [7, 11) is 0. The fraction of sp³-hybridized carbons (Fsp3) is 0.350. The van der Waals surface area contributed by atoms with Crippen LogP contribution in [0.3, 0.4) is 0 Å². The lowest BCUT2D eigenvalue weighted by Gasteiger charge is -2.18. The summed E-state index contributed by atoms with van der Waals surface area (Å²) in [4.78, 5) is 38.1. The van der Waals surface area contributed by atoms with Gasteiger partial charge < -0.3 is 10.1 Å². The molecule has 6 nitrogen and oxygen atoms in total. The van der Waals surface area contributed by atoms with Gasteiger partial charge in [-0.05, 0) is 49.8 Å². The first-order chi connectivity index (χ1) is 13.0. The third kappa shape index (κ3) is 4.36. The summed E-state index contributed by atoms with van der Waals surface area (Å²) in [5.74, 6) is -0.300. The molecule has 7 heteroatoms. The van der Waals surface area contributed by atoms with Gasteiger partial charge in [-0.15, -0.1) is 11.3 Å². The second-order valence-corrected chi connectivity index (χ2v) is 7.66. The maximum Gasteiger partial charge on any atom is 0.414 e. The van der Waals surface area contributed by atoms with Gasteiger partial charge in [0.25, 0.3) is 11.8 Å². The van der Waals surface area contributed by atoms with Crippen LogP contribution >= 0.6 is 11.3 Å². The number of hydrogen-bond donors (Lipinski definition) is 2. The number of carbonyl (C=O) groups excluding carboxylic acids is 3. The predicted molar refractivity (Wildman–Crippen MR) is 104 cm³/mol. The lowest BCUT2D eigenvalue weighted by Crippen LogP contribution is -2.32. The molecule has 1 aliphatic rings. The van der Waals surface area contributed by atoms with Gasteiger partial charge in [-0.2, -0.15) is 0 Å². The maximum absolute atomic E-state index is 12.7. The third-order valence-corrected chi connectivity index (χ3v) is 5.66. The van der Waals surface area contributed by atoms with E-state index in [0.717, 1.165) is 29.7 Å². The molecule has 27 heavy (non-hydrogen) atoms. The summed E-state index contributed by atoms with van der Waals surface area (Å²) in [6, 6.07) is 8.82. The van der Waals surface area contributed by atoms with E-state index in [-0.39, 0.29) is 12.5 Å². The Bertz CT molecular complexity index is 860. The molecule has 0 saturated heterocycles. The van der Waals surface area contributed by atoms with Gasteiger partial charge in [0.1, 0.15) is 5.00 Å². The summed E-state index contributed by atoms with van der Waals surface area (Å²) < 4.78 is 4.81. The van der Waals surface area contributed by atoms with Crippen molar-refractivity contribution in [3.05, 3.63) is 51.9 Å². The molecule has 142 valence electrons. The van der Waals surface area contributed by atoms with Crippen molar-refractivity contribution in [1.29, 1.82) is 0 Å². The minimum atomic E-state index is -0.785. The minimum Gasteiger partial charge on any atom is -0.450 e. The van der Waals surface area contributed by atoms with Crippen molar-refractivity contribution in [2.24, 2.45) is 5.92 Å². The van der Waals surface area contributed by atoms with Gasteiger partial charge in [0.05, 0.1) is 12.2 Å². The lowest BCUT2D eigenvalue weighted by molar-refractivity contribution is 0.0925. The molecule has 3 rings (SSSR count). The zero-order valence-corrected chi connectivity index (χ0v) is 16.2. The van der Waals surface area contributed by atoms with E-state index in [1.807, 2.05) is 6.07 Å². The predicted octanol–water partition coefficient (Wildman–Crippen LogP) is 4.01. The molecule has 0 radical (unpaired) electrons. The highest BCUT2D eigenvalue weighted by atomic mass is 32.1. The molecule has 2 aromatic rings. The van der Waals surface area contributed by atoms with Crippen LogP contribution in [-0.4, -0.2) is 24.5 Å². The number of alkyl carbamates (subject to hydrolysis) is 1. The van der Waals surface area contributed by atoms with Gasteiger partial charge >= 0.3 is 6.09 Å².